The number of hydrogen-bond donors (Lipinski definition) is 0. The lowest BCUT2D eigenvalue weighted by Gasteiger charge is -2.13. The predicted octanol–water partition coefficient (Wildman–Crippen LogP) is 2.04. The molecule has 68 valence electrons. The molecule has 0 aliphatic carbocycles. The molecule has 0 unspecified atom stereocenters. The van der Waals surface area contributed by atoms with Crippen LogP contribution in [0.15, 0.2) is 30.6 Å². The molecule has 0 fully saturated rings. The summed E-state index contributed by atoms with van der Waals surface area (Å²) in [6.45, 7) is 0.614. The zero-order valence-corrected chi connectivity index (χ0v) is 7.47. The molecule has 0 saturated heterocycles. The summed E-state index contributed by atoms with van der Waals surface area (Å²) in [5.41, 5.74) is 2.79. The monoisotopic (exact) mass is 184 g/mol. The van der Waals surface area contributed by atoms with Crippen molar-refractivity contribution in [1.82, 2.24) is 9.97 Å². The molecule has 0 saturated carbocycles. The summed E-state index contributed by atoms with van der Waals surface area (Å²) in [7, 11) is 0. The topological polar surface area (TPSA) is 35.0 Å². The molecular weight excluding hydrogens is 176 g/mol. The van der Waals surface area contributed by atoms with Crippen LogP contribution in [-0.2, 0) is 0 Å². The first-order valence-electron chi connectivity index (χ1n) is 4.48. The Bertz CT molecular complexity index is 520. The number of hydrogen-bond acceptors (Lipinski definition) is 3. The van der Waals surface area contributed by atoms with Crippen LogP contribution in [0.2, 0.25) is 0 Å². The molecule has 0 atom stereocenters. The molecule has 2 heterocycles. The fourth-order valence-corrected chi connectivity index (χ4v) is 1.62. The van der Waals surface area contributed by atoms with Crippen LogP contribution in [0.5, 0.6) is 5.75 Å². The van der Waals surface area contributed by atoms with Crippen LogP contribution in [0, 0.1) is 0 Å². The molecule has 1 aliphatic heterocycles. The second-order valence-corrected chi connectivity index (χ2v) is 3.12. The summed E-state index contributed by atoms with van der Waals surface area (Å²) in [6.07, 6.45) is 7.41. The fraction of sp³-hybridized carbons (Fsp3) is 0.0909. The van der Waals surface area contributed by atoms with Gasteiger partial charge in [0.15, 0.2) is 5.75 Å². The van der Waals surface area contributed by atoms with Crippen molar-refractivity contribution in [2.24, 2.45) is 0 Å². The Balaban J connectivity index is 2.41. The summed E-state index contributed by atoms with van der Waals surface area (Å²) in [5.74, 6) is 0.845. The lowest BCUT2D eigenvalue weighted by Crippen LogP contribution is -2.01. The maximum absolute atomic E-state index is 5.55. The summed E-state index contributed by atoms with van der Waals surface area (Å²) in [6, 6.07) is 3.96. The SMILES string of the molecule is C1=Cc2ccc3nccnc3c2OC1. The van der Waals surface area contributed by atoms with Gasteiger partial charge in [0.25, 0.3) is 0 Å². The second-order valence-electron chi connectivity index (χ2n) is 3.12. The van der Waals surface area contributed by atoms with Gasteiger partial charge in [0, 0.05) is 18.0 Å². The van der Waals surface area contributed by atoms with E-state index in [0.717, 1.165) is 22.3 Å². The number of ether oxygens (including phenoxy) is 1. The Labute approximate surface area is 81.1 Å². The highest BCUT2D eigenvalue weighted by molar-refractivity contribution is 5.86. The first kappa shape index (κ1) is 7.50. The highest BCUT2D eigenvalue weighted by atomic mass is 16.5. The third kappa shape index (κ3) is 0.988. The van der Waals surface area contributed by atoms with Crippen molar-refractivity contribution < 1.29 is 4.74 Å². The summed E-state index contributed by atoms with van der Waals surface area (Å²) in [5, 5.41) is 0. The Morgan fingerprint density at radius 3 is 3.07 bits per heavy atom. The first-order chi connectivity index (χ1) is 6.95. The highest BCUT2D eigenvalue weighted by Gasteiger charge is 2.10. The molecule has 3 nitrogen and oxygen atoms in total. The van der Waals surface area contributed by atoms with E-state index in [1.807, 2.05) is 24.3 Å². The van der Waals surface area contributed by atoms with E-state index in [1.165, 1.54) is 0 Å². The molecule has 3 heteroatoms. The Hall–Kier alpha value is -1.90. The molecule has 1 aromatic carbocycles. The van der Waals surface area contributed by atoms with E-state index in [4.69, 9.17) is 4.74 Å². The maximum atomic E-state index is 5.55. The third-order valence-electron chi connectivity index (χ3n) is 2.25. The van der Waals surface area contributed by atoms with Crippen LogP contribution in [0.1, 0.15) is 5.56 Å². The molecule has 0 radical (unpaired) electrons. The standard InChI is InChI=1S/C11H8N2O/c1-2-8-3-4-9-10(11(8)14-7-1)13-6-5-12-9/h1-6H,7H2. The van der Waals surface area contributed by atoms with E-state index in [0.29, 0.717) is 6.61 Å². The Kier molecular flexibility index (Phi) is 1.50. The lowest BCUT2D eigenvalue weighted by atomic mass is 10.1. The number of fused-ring (bicyclic) bond motifs is 3. The molecule has 14 heavy (non-hydrogen) atoms. The summed E-state index contributed by atoms with van der Waals surface area (Å²) >= 11 is 0. The molecular formula is C11H8N2O. The molecule has 2 aromatic rings. The van der Waals surface area contributed by atoms with E-state index in [9.17, 15) is 0 Å². The van der Waals surface area contributed by atoms with Crippen LogP contribution in [0.25, 0.3) is 17.1 Å². The predicted molar refractivity (Wildman–Crippen MR) is 54.1 cm³/mol. The molecule has 0 spiro atoms. The Morgan fingerprint density at radius 2 is 2.07 bits per heavy atom. The van der Waals surface area contributed by atoms with Crippen molar-refractivity contribution in [3.8, 4) is 5.75 Å². The molecule has 1 aliphatic rings. The van der Waals surface area contributed by atoms with Crippen molar-refractivity contribution in [3.63, 3.8) is 0 Å². The van der Waals surface area contributed by atoms with Gasteiger partial charge in [0.05, 0.1) is 5.52 Å². The Morgan fingerprint density at radius 1 is 1.14 bits per heavy atom. The van der Waals surface area contributed by atoms with E-state index in [2.05, 4.69) is 9.97 Å². The molecule has 0 amide bonds. The van der Waals surface area contributed by atoms with E-state index >= 15 is 0 Å². The summed E-state index contributed by atoms with van der Waals surface area (Å²) < 4.78 is 5.55. The minimum absolute atomic E-state index is 0.614. The minimum atomic E-state index is 0.614. The van der Waals surface area contributed by atoms with Gasteiger partial charge in [-0.3, -0.25) is 4.98 Å². The van der Waals surface area contributed by atoms with Gasteiger partial charge in [-0.15, -0.1) is 0 Å². The normalized spacial score (nSPS) is 13.7. The van der Waals surface area contributed by atoms with Crippen LogP contribution in [0.4, 0.5) is 0 Å². The van der Waals surface area contributed by atoms with Crippen molar-refractivity contribution in [1.29, 1.82) is 0 Å². The van der Waals surface area contributed by atoms with Gasteiger partial charge in [0.1, 0.15) is 12.1 Å². The van der Waals surface area contributed by atoms with Crippen molar-refractivity contribution >= 4 is 17.1 Å². The summed E-state index contributed by atoms with van der Waals surface area (Å²) in [4.78, 5) is 8.50. The van der Waals surface area contributed by atoms with Gasteiger partial charge in [-0.2, -0.15) is 0 Å². The van der Waals surface area contributed by atoms with Gasteiger partial charge in [-0.25, -0.2) is 4.98 Å². The number of aromatic nitrogens is 2. The van der Waals surface area contributed by atoms with Gasteiger partial charge in [0.2, 0.25) is 0 Å². The molecule has 1 aromatic heterocycles. The van der Waals surface area contributed by atoms with Crippen molar-refractivity contribution in [3.05, 3.63) is 36.2 Å². The first-order valence-corrected chi connectivity index (χ1v) is 4.48. The van der Waals surface area contributed by atoms with E-state index in [1.54, 1.807) is 12.4 Å². The number of nitrogens with zero attached hydrogens (tertiary/aromatic N) is 2. The lowest BCUT2D eigenvalue weighted by molar-refractivity contribution is 0.362. The quantitative estimate of drug-likeness (QED) is 0.628. The fourth-order valence-electron chi connectivity index (χ4n) is 1.62. The zero-order valence-electron chi connectivity index (χ0n) is 7.47. The molecule has 0 bridgehead atoms. The number of rotatable bonds is 0. The largest absolute Gasteiger partial charge is 0.487 e. The van der Waals surface area contributed by atoms with Crippen LogP contribution >= 0.6 is 0 Å². The van der Waals surface area contributed by atoms with Gasteiger partial charge in [-0.05, 0) is 18.2 Å². The van der Waals surface area contributed by atoms with Crippen LogP contribution in [-0.4, -0.2) is 16.6 Å². The highest BCUT2D eigenvalue weighted by Crippen LogP contribution is 2.30. The maximum Gasteiger partial charge on any atom is 0.154 e. The van der Waals surface area contributed by atoms with Crippen molar-refractivity contribution in [2.75, 3.05) is 6.61 Å². The van der Waals surface area contributed by atoms with E-state index in [-0.39, 0.29) is 0 Å². The minimum Gasteiger partial charge on any atom is -0.487 e. The second kappa shape index (κ2) is 2.80. The van der Waals surface area contributed by atoms with Gasteiger partial charge < -0.3 is 4.74 Å². The van der Waals surface area contributed by atoms with Crippen molar-refractivity contribution in [2.45, 2.75) is 0 Å². The van der Waals surface area contributed by atoms with Crippen LogP contribution in [0.3, 0.4) is 0 Å². The smallest absolute Gasteiger partial charge is 0.154 e. The van der Waals surface area contributed by atoms with Gasteiger partial charge >= 0.3 is 0 Å². The van der Waals surface area contributed by atoms with Crippen LogP contribution < -0.4 is 4.74 Å². The average molecular weight is 184 g/mol. The average Bonchev–Trinajstić information content (AvgIpc) is 2.29. The van der Waals surface area contributed by atoms with Gasteiger partial charge in [-0.1, -0.05) is 6.08 Å². The zero-order chi connectivity index (χ0) is 9.38. The molecule has 0 N–H and O–H groups in total. The third-order valence-corrected chi connectivity index (χ3v) is 2.25. The van der Waals surface area contributed by atoms with E-state index < -0.39 is 0 Å². The molecule has 3 rings (SSSR count). The number of benzene rings is 1.